The van der Waals surface area contributed by atoms with Gasteiger partial charge in [-0.05, 0) is 12.0 Å². The third-order valence-corrected chi connectivity index (χ3v) is 6.27. The van der Waals surface area contributed by atoms with Gasteiger partial charge in [-0.3, -0.25) is 9.69 Å². The van der Waals surface area contributed by atoms with Crippen LogP contribution in [0, 0.1) is 5.92 Å². The van der Waals surface area contributed by atoms with E-state index in [2.05, 4.69) is 39.5 Å². The number of carbonyl (C=O) groups is 1. The molecule has 2 aromatic rings. The van der Waals surface area contributed by atoms with Gasteiger partial charge in [0.25, 0.3) is 0 Å². The van der Waals surface area contributed by atoms with Gasteiger partial charge < -0.3 is 5.32 Å². The van der Waals surface area contributed by atoms with Gasteiger partial charge in [0.15, 0.2) is 5.13 Å². The third kappa shape index (κ3) is 3.45. The van der Waals surface area contributed by atoms with Crippen LogP contribution in [0.4, 0.5) is 5.13 Å². The van der Waals surface area contributed by atoms with Gasteiger partial charge in [0.2, 0.25) is 5.91 Å². The predicted molar refractivity (Wildman–Crippen MR) is 97.5 cm³/mol. The molecule has 126 valence electrons. The van der Waals surface area contributed by atoms with Crippen molar-refractivity contribution < 1.29 is 4.79 Å². The lowest BCUT2D eigenvalue weighted by Crippen LogP contribution is -2.29. The number of anilines is 1. The van der Waals surface area contributed by atoms with E-state index < -0.39 is 4.33 Å². The van der Waals surface area contributed by atoms with Crippen molar-refractivity contribution in [1.82, 2.24) is 9.88 Å². The third-order valence-electron chi connectivity index (χ3n) is 4.43. The molecule has 4 nitrogen and oxygen atoms in total. The molecule has 1 N–H and O–H groups in total. The number of carbonyl (C=O) groups excluding carboxylic acids is 1. The first kappa shape index (κ1) is 16.3. The number of aromatic nitrogens is 1. The van der Waals surface area contributed by atoms with Crippen LogP contribution in [0.5, 0.6) is 0 Å². The summed E-state index contributed by atoms with van der Waals surface area (Å²) in [6.07, 6.45) is 1.42. The topological polar surface area (TPSA) is 45.2 Å². The van der Waals surface area contributed by atoms with Gasteiger partial charge >= 0.3 is 0 Å². The first-order valence-corrected chi connectivity index (χ1v) is 9.52. The molecule has 2 aliphatic rings. The standard InChI is InChI=1S/C17H17Cl2N3OS/c18-17(19)8-12(17)15(23)21-16-20-13-6-7-22(10-14(13)24-16)9-11-4-2-1-3-5-11/h1-5,12H,6-10H2,(H,20,21,23). The second kappa shape index (κ2) is 6.30. The van der Waals surface area contributed by atoms with Crippen LogP contribution in [-0.4, -0.2) is 26.7 Å². The SMILES string of the molecule is O=C(Nc1nc2c(s1)CN(Cc1ccccc1)CC2)C1CC1(Cl)Cl. The van der Waals surface area contributed by atoms with Crippen molar-refractivity contribution >= 4 is 45.6 Å². The minimum absolute atomic E-state index is 0.132. The first-order valence-electron chi connectivity index (χ1n) is 7.95. The fourth-order valence-corrected chi connectivity index (χ4v) is 4.53. The Morgan fingerprint density at radius 3 is 2.83 bits per heavy atom. The van der Waals surface area contributed by atoms with Gasteiger partial charge in [0.1, 0.15) is 4.33 Å². The van der Waals surface area contributed by atoms with E-state index in [-0.39, 0.29) is 11.8 Å². The molecule has 1 fully saturated rings. The van der Waals surface area contributed by atoms with Crippen molar-refractivity contribution in [3.8, 4) is 0 Å². The second-order valence-corrected chi connectivity index (χ2v) is 8.97. The number of benzene rings is 1. The number of rotatable bonds is 4. The van der Waals surface area contributed by atoms with Gasteiger partial charge in [-0.15, -0.1) is 34.5 Å². The monoisotopic (exact) mass is 381 g/mol. The molecule has 0 bridgehead atoms. The van der Waals surface area contributed by atoms with Gasteiger partial charge in [-0.25, -0.2) is 4.98 Å². The molecule has 1 aromatic carbocycles. The lowest BCUT2D eigenvalue weighted by Gasteiger charge is -2.25. The predicted octanol–water partition coefficient (Wildman–Crippen LogP) is 3.83. The number of fused-ring (bicyclic) bond motifs is 1. The van der Waals surface area contributed by atoms with E-state index >= 15 is 0 Å². The van der Waals surface area contributed by atoms with Crippen molar-refractivity contribution in [2.45, 2.75) is 30.3 Å². The largest absolute Gasteiger partial charge is 0.302 e. The summed E-state index contributed by atoms with van der Waals surface area (Å²) >= 11 is 13.4. The maximum Gasteiger partial charge on any atom is 0.232 e. The molecule has 1 unspecified atom stereocenters. The van der Waals surface area contributed by atoms with Crippen molar-refractivity contribution in [2.24, 2.45) is 5.92 Å². The molecular formula is C17H17Cl2N3OS. The van der Waals surface area contributed by atoms with E-state index in [1.54, 1.807) is 11.3 Å². The summed E-state index contributed by atoms with van der Waals surface area (Å²) in [6, 6.07) is 10.5. The zero-order valence-corrected chi connectivity index (χ0v) is 15.3. The zero-order valence-electron chi connectivity index (χ0n) is 13.0. The molecule has 7 heteroatoms. The summed E-state index contributed by atoms with van der Waals surface area (Å²) in [5.41, 5.74) is 2.41. The fourth-order valence-electron chi connectivity index (χ4n) is 2.97. The Balaban J connectivity index is 1.40. The Morgan fingerprint density at radius 2 is 2.12 bits per heavy atom. The zero-order chi connectivity index (χ0) is 16.7. The molecule has 1 aromatic heterocycles. The highest BCUT2D eigenvalue weighted by molar-refractivity contribution is 7.15. The van der Waals surface area contributed by atoms with Gasteiger partial charge in [0, 0.05) is 30.9 Å². The number of thiazole rings is 1. The number of alkyl halides is 2. The highest BCUT2D eigenvalue weighted by Crippen LogP contribution is 2.53. The van der Waals surface area contributed by atoms with Crippen LogP contribution >= 0.6 is 34.5 Å². The van der Waals surface area contributed by atoms with Crippen molar-refractivity contribution in [2.75, 3.05) is 11.9 Å². The Morgan fingerprint density at radius 1 is 1.38 bits per heavy atom. The molecule has 1 aliphatic carbocycles. The summed E-state index contributed by atoms with van der Waals surface area (Å²) in [5.74, 6) is -0.455. The normalized spacial score (nSPS) is 22.0. The van der Waals surface area contributed by atoms with E-state index in [4.69, 9.17) is 23.2 Å². The van der Waals surface area contributed by atoms with Gasteiger partial charge in [-0.1, -0.05) is 30.3 Å². The quantitative estimate of drug-likeness (QED) is 0.818. The number of halogens is 2. The van der Waals surface area contributed by atoms with Crippen molar-refractivity contribution in [3.05, 3.63) is 46.5 Å². The van der Waals surface area contributed by atoms with Crippen LogP contribution in [-0.2, 0) is 24.3 Å². The van der Waals surface area contributed by atoms with Crippen molar-refractivity contribution in [1.29, 1.82) is 0 Å². The molecule has 4 rings (SSSR count). The minimum atomic E-state index is -0.895. The van der Waals surface area contributed by atoms with E-state index in [1.165, 1.54) is 10.4 Å². The molecule has 24 heavy (non-hydrogen) atoms. The van der Waals surface area contributed by atoms with E-state index in [1.807, 2.05) is 6.07 Å². The maximum absolute atomic E-state index is 12.1. The molecule has 0 radical (unpaired) electrons. The second-order valence-electron chi connectivity index (χ2n) is 6.34. The Bertz CT molecular complexity index is 762. The molecule has 0 saturated heterocycles. The molecule has 1 saturated carbocycles. The van der Waals surface area contributed by atoms with Crippen LogP contribution in [0.3, 0.4) is 0 Å². The highest BCUT2D eigenvalue weighted by Gasteiger charge is 2.56. The number of nitrogens with one attached hydrogen (secondary N) is 1. The lowest BCUT2D eigenvalue weighted by atomic mass is 10.1. The first-order chi connectivity index (χ1) is 11.5. The summed E-state index contributed by atoms with van der Waals surface area (Å²) < 4.78 is -0.895. The summed E-state index contributed by atoms with van der Waals surface area (Å²) in [4.78, 5) is 20.3. The summed E-state index contributed by atoms with van der Waals surface area (Å²) in [5, 5.41) is 3.52. The van der Waals surface area contributed by atoms with Crippen LogP contribution in [0.1, 0.15) is 22.6 Å². The Kier molecular flexibility index (Phi) is 4.29. The number of nitrogens with zero attached hydrogens (tertiary/aromatic N) is 2. The molecule has 2 heterocycles. The maximum atomic E-state index is 12.1. The highest BCUT2D eigenvalue weighted by atomic mass is 35.5. The summed E-state index contributed by atoms with van der Waals surface area (Å²) in [6.45, 7) is 2.78. The summed E-state index contributed by atoms with van der Waals surface area (Å²) in [7, 11) is 0. The van der Waals surface area contributed by atoms with Crippen LogP contribution in [0.15, 0.2) is 30.3 Å². The Hall–Kier alpha value is -1.14. The van der Waals surface area contributed by atoms with E-state index in [9.17, 15) is 4.79 Å². The smallest absolute Gasteiger partial charge is 0.232 e. The van der Waals surface area contributed by atoms with Crippen LogP contribution < -0.4 is 5.32 Å². The van der Waals surface area contributed by atoms with Crippen molar-refractivity contribution in [3.63, 3.8) is 0 Å². The average molecular weight is 382 g/mol. The average Bonchev–Trinajstić information content (AvgIpc) is 3.01. The van der Waals surface area contributed by atoms with Crippen LogP contribution in [0.25, 0.3) is 0 Å². The minimum Gasteiger partial charge on any atom is -0.302 e. The van der Waals surface area contributed by atoms with E-state index in [0.29, 0.717) is 11.6 Å². The Labute approximate surface area is 154 Å². The van der Waals surface area contributed by atoms with Gasteiger partial charge in [-0.2, -0.15) is 0 Å². The number of amides is 1. The number of hydrogen-bond acceptors (Lipinski definition) is 4. The lowest BCUT2D eigenvalue weighted by molar-refractivity contribution is -0.117. The van der Waals surface area contributed by atoms with Crippen LogP contribution in [0.2, 0.25) is 0 Å². The molecule has 1 atom stereocenters. The van der Waals surface area contributed by atoms with Gasteiger partial charge in [0.05, 0.1) is 11.6 Å². The number of hydrogen-bond donors (Lipinski definition) is 1. The molecule has 1 amide bonds. The molecule has 0 spiro atoms. The molecular weight excluding hydrogens is 365 g/mol. The van der Waals surface area contributed by atoms with E-state index in [0.717, 1.165) is 31.7 Å². The fraction of sp³-hybridized carbons (Fsp3) is 0.412. The molecule has 1 aliphatic heterocycles.